The summed E-state index contributed by atoms with van der Waals surface area (Å²) in [6.45, 7) is 3.42. The Bertz CT molecular complexity index is 960. The van der Waals surface area contributed by atoms with Gasteiger partial charge in [0.1, 0.15) is 5.82 Å². The standard InChI is InChI=1S/C17H15FN4O2S/c1-9-14(10(2)22(3)21-9)15(23)16(24)20-17-19-13(8-25-17)11-4-6-12(18)7-5-11/h4-8H,1-3H3,(H,19,20,24). The number of halogens is 1. The van der Waals surface area contributed by atoms with Gasteiger partial charge in [-0.15, -0.1) is 11.3 Å². The number of nitrogens with one attached hydrogen (secondary N) is 1. The summed E-state index contributed by atoms with van der Waals surface area (Å²) in [6, 6.07) is 5.88. The molecule has 128 valence electrons. The van der Waals surface area contributed by atoms with E-state index in [1.807, 2.05) is 0 Å². The van der Waals surface area contributed by atoms with E-state index < -0.39 is 11.7 Å². The predicted molar refractivity (Wildman–Crippen MR) is 93.2 cm³/mol. The zero-order chi connectivity index (χ0) is 18.1. The molecule has 0 saturated carbocycles. The van der Waals surface area contributed by atoms with Crippen LogP contribution in [0.4, 0.5) is 9.52 Å². The molecule has 0 radical (unpaired) electrons. The molecule has 25 heavy (non-hydrogen) atoms. The number of ketones is 1. The van der Waals surface area contributed by atoms with Gasteiger partial charge < -0.3 is 0 Å². The largest absolute Gasteiger partial charge is 0.298 e. The summed E-state index contributed by atoms with van der Waals surface area (Å²) in [7, 11) is 1.72. The quantitative estimate of drug-likeness (QED) is 0.574. The zero-order valence-electron chi connectivity index (χ0n) is 13.8. The second-order valence-electron chi connectivity index (χ2n) is 5.50. The van der Waals surface area contributed by atoms with Crippen LogP contribution in [0, 0.1) is 19.7 Å². The minimum Gasteiger partial charge on any atom is -0.295 e. The van der Waals surface area contributed by atoms with Crippen molar-refractivity contribution in [2.24, 2.45) is 7.05 Å². The smallest absolute Gasteiger partial charge is 0.295 e. The van der Waals surface area contributed by atoms with Gasteiger partial charge in [0.2, 0.25) is 0 Å². The summed E-state index contributed by atoms with van der Waals surface area (Å²) in [5.41, 5.74) is 2.76. The maximum Gasteiger partial charge on any atom is 0.298 e. The third kappa shape index (κ3) is 3.34. The Morgan fingerprint density at radius 3 is 2.48 bits per heavy atom. The molecule has 8 heteroatoms. The van der Waals surface area contributed by atoms with Crippen molar-refractivity contribution in [1.29, 1.82) is 0 Å². The van der Waals surface area contributed by atoms with Gasteiger partial charge in [0.25, 0.3) is 11.7 Å². The highest BCUT2D eigenvalue weighted by Crippen LogP contribution is 2.25. The topological polar surface area (TPSA) is 76.9 Å². The Kier molecular flexibility index (Phi) is 4.45. The molecule has 0 spiro atoms. The van der Waals surface area contributed by atoms with Crippen LogP contribution in [-0.4, -0.2) is 26.5 Å². The van der Waals surface area contributed by atoms with Gasteiger partial charge in [-0.3, -0.25) is 19.6 Å². The highest BCUT2D eigenvalue weighted by atomic mass is 32.1. The van der Waals surface area contributed by atoms with E-state index >= 15 is 0 Å². The number of benzene rings is 1. The molecular formula is C17H15FN4O2S. The van der Waals surface area contributed by atoms with E-state index in [9.17, 15) is 14.0 Å². The van der Waals surface area contributed by atoms with Gasteiger partial charge in [-0.05, 0) is 38.1 Å². The maximum absolute atomic E-state index is 13.0. The first-order valence-corrected chi connectivity index (χ1v) is 8.32. The summed E-state index contributed by atoms with van der Waals surface area (Å²) in [6.07, 6.45) is 0. The van der Waals surface area contributed by atoms with Crippen molar-refractivity contribution in [3.05, 3.63) is 52.4 Å². The second-order valence-corrected chi connectivity index (χ2v) is 6.36. The second kappa shape index (κ2) is 6.56. The number of Topliss-reactive ketones (excluding diaryl/α,β-unsaturated/α-hetero) is 1. The lowest BCUT2D eigenvalue weighted by molar-refractivity contribution is -0.112. The number of aromatic nitrogens is 3. The monoisotopic (exact) mass is 358 g/mol. The first-order valence-electron chi connectivity index (χ1n) is 7.44. The molecule has 3 rings (SSSR count). The Hall–Kier alpha value is -2.87. The number of amides is 1. The summed E-state index contributed by atoms with van der Waals surface area (Å²) in [5.74, 6) is -1.75. The van der Waals surface area contributed by atoms with E-state index in [1.165, 1.54) is 23.5 Å². The lowest BCUT2D eigenvalue weighted by atomic mass is 10.1. The fraction of sp³-hybridized carbons (Fsp3) is 0.176. The fourth-order valence-electron chi connectivity index (χ4n) is 2.45. The van der Waals surface area contributed by atoms with E-state index in [4.69, 9.17) is 0 Å². The maximum atomic E-state index is 13.0. The lowest BCUT2D eigenvalue weighted by Crippen LogP contribution is -2.23. The normalized spacial score (nSPS) is 10.7. The van der Waals surface area contributed by atoms with Crippen molar-refractivity contribution in [1.82, 2.24) is 14.8 Å². The van der Waals surface area contributed by atoms with Crippen LogP contribution in [0.15, 0.2) is 29.6 Å². The number of hydrogen-bond acceptors (Lipinski definition) is 5. The van der Waals surface area contributed by atoms with E-state index in [-0.39, 0.29) is 5.82 Å². The molecule has 0 aliphatic carbocycles. The number of aryl methyl sites for hydroxylation is 2. The molecule has 2 aromatic heterocycles. The number of anilines is 1. The van der Waals surface area contributed by atoms with Gasteiger partial charge in [0, 0.05) is 23.7 Å². The highest BCUT2D eigenvalue weighted by Gasteiger charge is 2.24. The number of carbonyl (C=O) groups excluding carboxylic acids is 2. The Morgan fingerprint density at radius 2 is 1.88 bits per heavy atom. The average molecular weight is 358 g/mol. The molecule has 0 unspecified atom stereocenters. The molecule has 2 heterocycles. The summed E-state index contributed by atoms with van der Waals surface area (Å²) >= 11 is 1.19. The summed E-state index contributed by atoms with van der Waals surface area (Å²) in [4.78, 5) is 28.9. The SMILES string of the molecule is Cc1nn(C)c(C)c1C(=O)C(=O)Nc1nc(-c2ccc(F)cc2)cs1. The van der Waals surface area contributed by atoms with Gasteiger partial charge in [-0.2, -0.15) is 5.10 Å². The van der Waals surface area contributed by atoms with E-state index in [2.05, 4.69) is 15.4 Å². The highest BCUT2D eigenvalue weighted by molar-refractivity contribution is 7.14. The Balaban J connectivity index is 1.77. The van der Waals surface area contributed by atoms with Crippen molar-refractivity contribution >= 4 is 28.2 Å². The molecule has 3 aromatic rings. The zero-order valence-corrected chi connectivity index (χ0v) is 14.6. The molecule has 1 amide bonds. The van der Waals surface area contributed by atoms with Crippen LogP contribution >= 0.6 is 11.3 Å². The lowest BCUT2D eigenvalue weighted by Gasteiger charge is -2.02. The molecule has 1 aromatic carbocycles. The molecule has 6 nitrogen and oxygen atoms in total. The predicted octanol–water partition coefficient (Wildman–Crippen LogP) is 3.12. The minimum atomic E-state index is -0.765. The van der Waals surface area contributed by atoms with Crippen molar-refractivity contribution in [3.63, 3.8) is 0 Å². The molecule has 0 atom stereocenters. The Morgan fingerprint density at radius 1 is 1.20 bits per heavy atom. The van der Waals surface area contributed by atoms with Gasteiger partial charge in [-0.25, -0.2) is 9.37 Å². The van der Waals surface area contributed by atoms with E-state index in [1.54, 1.807) is 43.1 Å². The molecule has 0 saturated heterocycles. The van der Waals surface area contributed by atoms with Gasteiger partial charge in [-0.1, -0.05) is 0 Å². The van der Waals surface area contributed by atoms with Crippen LogP contribution in [0.5, 0.6) is 0 Å². The number of thiazole rings is 1. The van der Waals surface area contributed by atoms with Crippen LogP contribution in [0.1, 0.15) is 21.7 Å². The molecule has 0 aliphatic rings. The van der Waals surface area contributed by atoms with Crippen LogP contribution in [-0.2, 0) is 11.8 Å². The van der Waals surface area contributed by atoms with E-state index in [0.717, 1.165) is 5.56 Å². The van der Waals surface area contributed by atoms with Crippen LogP contribution in [0.2, 0.25) is 0 Å². The van der Waals surface area contributed by atoms with Crippen molar-refractivity contribution in [2.75, 3.05) is 5.32 Å². The van der Waals surface area contributed by atoms with Crippen molar-refractivity contribution < 1.29 is 14.0 Å². The average Bonchev–Trinajstić information content (AvgIpc) is 3.12. The third-order valence-corrected chi connectivity index (χ3v) is 4.56. The fourth-order valence-corrected chi connectivity index (χ4v) is 3.17. The first kappa shape index (κ1) is 17.0. The van der Waals surface area contributed by atoms with E-state index in [0.29, 0.717) is 27.8 Å². The minimum absolute atomic E-state index is 0.301. The van der Waals surface area contributed by atoms with Crippen LogP contribution in [0.3, 0.4) is 0 Å². The number of nitrogens with zero attached hydrogens (tertiary/aromatic N) is 3. The molecule has 0 fully saturated rings. The molecular weight excluding hydrogens is 343 g/mol. The van der Waals surface area contributed by atoms with Crippen molar-refractivity contribution in [3.8, 4) is 11.3 Å². The van der Waals surface area contributed by atoms with Gasteiger partial charge in [0.05, 0.1) is 17.0 Å². The first-order chi connectivity index (χ1) is 11.9. The number of rotatable bonds is 4. The molecule has 0 aliphatic heterocycles. The van der Waals surface area contributed by atoms with Gasteiger partial charge >= 0.3 is 0 Å². The summed E-state index contributed by atoms with van der Waals surface area (Å²) in [5, 5.41) is 8.69. The van der Waals surface area contributed by atoms with Crippen LogP contribution < -0.4 is 5.32 Å². The van der Waals surface area contributed by atoms with Crippen molar-refractivity contribution in [2.45, 2.75) is 13.8 Å². The number of hydrogen-bond donors (Lipinski definition) is 1. The molecule has 0 bridgehead atoms. The third-order valence-electron chi connectivity index (χ3n) is 3.81. The Labute approximate surface area is 147 Å². The van der Waals surface area contributed by atoms with Gasteiger partial charge in [0.15, 0.2) is 5.13 Å². The van der Waals surface area contributed by atoms with Crippen LogP contribution in [0.25, 0.3) is 11.3 Å². The number of carbonyl (C=O) groups is 2. The molecule has 1 N–H and O–H groups in total. The summed E-state index contributed by atoms with van der Waals surface area (Å²) < 4.78 is 14.5.